The fourth-order valence-electron chi connectivity index (χ4n) is 1.55. The number of nitrogens with one attached hydrogen (secondary N) is 1. The van der Waals surface area contributed by atoms with E-state index in [4.69, 9.17) is 4.74 Å². The lowest BCUT2D eigenvalue weighted by molar-refractivity contribution is 0.210. The molecule has 17 heavy (non-hydrogen) atoms. The SMILES string of the molecule is COCCNc1nccnc1-c1ccccc1. The van der Waals surface area contributed by atoms with Crippen LogP contribution in [0.4, 0.5) is 5.82 Å². The summed E-state index contributed by atoms with van der Waals surface area (Å²) in [6.07, 6.45) is 3.38. The lowest BCUT2D eigenvalue weighted by Gasteiger charge is -2.09. The molecule has 1 N–H and O–H groups in total. The standard InChI is InChI=1S/C13H15N3O/c1-17-10-9-16-13-12(14-7-8-15-13)11-5-3-2-4-6-11/h2-8H,9-10H2,1H3,(H,15,16). The number of aromatic nitrogens is 2. The zero-order chi connectivity index (χ0) is 11.9. The van der Waals surface area contributed by atoms with Gasteiger partial charge in [0.05, 0.1) is 6.61 Å². The largest absolute Gasteiger partial charge is 0.383 e. The molecule has 0 bridgehead atoms. The number of methoxy groups -OCH3 is 1. The van der Waals surface area contributed by atoms with Crippen LogP contribution in [-0.2, 0) is 4.74 Å². The van der Waals surface area contributed by atoms with Gasteiger partial charge in [-0.3, -0.25) is 4.98 Å². The van der Waals surface area contributed by atoms with Crippen LogP contribution in [0.3, 0.4) is 0 Å². The molecule has 4 heteroatoms. The topological polar surface area (TPSA) is 47.0 Å². The summed E-state index contributed by atoms with van der Waals surface area (Å²) in [5.41, 5.74) is 1.92. The van der Waals surface area contributed by atoms with Crippen LogP contribution in [0.1, 0.15) is 0 Å². The summed E-state index contributed by atoms with van der Waals surface area (Å²) >= 11 is 0. The third-order valence-corrected chi connectivity index (χ3v) is 2.34. The first-order chi connectivity index (χ1) is 8.42. The number of ether oxygens (including phenoxy) is 1. The van der Waals surface area contributed by atoms with E-state index < -0.39 is 0 Å². The van der Waals surface area contributed by atoms with Gasteiger partial charge in [-0.2, -0.15) is 0 Å². The second kappa shape index (κ2) is 5.96. The van der Waals surface area contributed by atoms with Crippen molar-refractivity contribution in [2.75, 3.05) is 25.6 Å². The molecule has 0 radical (unpaired) electrons. The second-order valence-electron chi connectivity index (χ2n) is 3.54. The van der Waals surface area contributed by atoms with Crippen LogP contribution in [0.15, 0.2) is 42.7 Å². The monoisotopic (exact) mass is 229 g/mol. The fourth-order valence-corrected chi connectivity index (χ4v) is 1.55. The van der Waals surface area contributed by atoms with Crippen LogP contribution in [0.25, 0.3) is 11.3 Å². The molecule has 0 unspecified atom stereocenters. The van der Waals surface area contributed by atoms with E-state index >= 15 is 0 Å². The Kier molecular flexibility index (Phi) is 4.05. The normalized spacial score (nSPS) is 10.2. The molecule has 0 saturated heterocycles. The number of rotatable bonds is 5. The van der Waals surface area contributed by atoms with Crippen molar-refractivity contribution < 1.29 is 4.74 Å². The minimum Gasteiger partial charge on any atom is -0.383 e. The predicted molar refractivity (Wildman–Crippen MR) is 67.8 cm³/mol. The van der Waals surface area contributed by atoms with E-state index in [1.54, 1.807) is 19.5 Å². The Labute approximate surface area is 101 Å². The lowest BCUT2D eigenvalue weighted by atomic mass is 10.1. The molecule has 0 saturated carbocycles. The first-order valence-corrected chi connectivity index (χ1v) is 5.51. The highest BCUT2D eigenvalue weighted by Crippen LogP contribution is 2.22. The van der Waals surface area contributed by atoms with E-state index in [2.05, 4.69) is 15.3 Å². The molecule has 4 nitrogen and oxygen atoms in total. The van der Waals surface area contributed by atoms with Crippen molar-refractivity contribution >= 4 is 5.82 Å². The minimum absolute atomic E-state index is 0.644. The van der Waals surface area contributed by atoms with Crippen molar-refractivity contribution in [2.24, 2.45) is 0 Å². The Hall–Kier alpha value is -1.94. The van der Waals surface area contributed by atoms with Crippen molar-refractivity contribution in [1.82, 2.24) is 9.97 Å². The molecule has 0 atom stereocenters. The van der Waals surface area contributed by atoms with Crippen molar-refractivity contribution in [3.05, 3.63) is 42.7 Å². The maximum absolute atomic E-state index is 5.00. The van der Waals surface area contributed by atoms with Gasteiger partial charge in [-0.1, -0.05) is 30.3 Å². The first-order valence-electron chi connectivity index (χ1n) is 5.51. The Balaban J connectivity index is 2.22. The molecule has 1 heterocycles. The molecule has 0 aliphatic heterocycles. The third-order valence-electron chi connectivity index (χ3n) is 2.34. The molecule has 0 aliphatic carbocycles. The molecule has 0 amide bonds. The third kappa shape index (κ3) is 3.01. The molecule has 0 aliphatic rings. The van der Waals surface area contributed by atoms with E-state index in [9.17, 15) is 0 Å². The highest BCUT2D eigenvalue weighted by molar-refractivity contribution is 5.70. The number of nitrogens with zero attached hydrogens (tertiary/aromatic N) is 2. The van der Waals surface area contributed by atoms with Gasteiger partial charge in [-0.15, -0.1) is 0 Å². The van der Waals surface area contributed by atoms with E-state index in [-0.39, 0.29) is 0 Å². The zero-order valence-electron chi connectivity index (χ0n) is 9.76. The van der Waals surface area contributed by atoms with Gasteiger partial charge in [-0.25, -0.2) is 4.98 Å². The quantitative estimate of drug-likeness (QED) is 0.798. The van der Waals surface area contributed by atoms with Crippen molar-refractivity contribution in [3.63, 3.8) is 0 Å². The molecule has 0 fully saturated rings. The highest BCUT2D eigenvalue weighted by atomic mass is 16.5. The number of anilines is 1. The Morgan fingerprint density at radius 1 is 1.12 bits per heavy atom. The van der Waals surface area contributed by atoms with E-state index in [1.165, 1.54) is 0 Å². The highest BCUT2D eigenvalue weighted by Gasteiger charge is 2.06. The summed E-state index contributed by atoms with van der Waals surface area (Å²) in [7, 11) is 1.68. The molecule has 2 rings (SSSR count). The Morgan fingerprint density at radius 3 is 2.65 bits per heavy atom. The Bertz CT molecular complexity index is 459. The average Bonchev–Trinajstić information content (AvgIpc) is 2.41. The van der Waals surface area contributed by atoms with Crippen LogP contribution in [-0.4, -0.2) is 30.2 Å². The predicted octanol–water partition coefficient (Wildman–Crippen LogP) is 2.20. The summed E-state index contributed by atoms with van der Waals surface area (Å²) in [5.74, 6) is 0.788. The van der Waals surface area contributed by atoms with Crippen LogP contribution < -0.4 is 5.32 Å². The van der Waals surface area contributed by atoms with Gasteiger partial charge in [-0.05, 0) is 0 Å². The zero-order valence-corrected chi connectivity index (χ0v) is 9.76. The summed E-state index contributed by atoms with van der Waals surface area (Å²) in [5, 5.41) is 3.21. The first kappa shape index (κ1) is 11.5. The minimum atomic E-state index is 0.644. The van der Waals surface area contributed by atoms with Gasteiger partial charge in [0.15, 0.2) is 5.82 Å². The smallest absolute Gasteiger partial charge is 0.152 e. The van der Waals surface area contributed by atoms with Crippen LogP contribution >= 0.6 is 0 Å². The van der Waals surface area contributed by atoms with Crippen molar-refractivity contribution in [3.8, 4) is 11.3 Å². The number of hydrogen-bond donors (Lipinski definition) is 1. The van der Waals surface area contributed by atoms with Gasteiger partial charge in [0, 0.05) is 31.6 Å². The number of benzene rings is 1. The second-order valence-corrected chi connectivity index (χ2v) is 3.54. The average molecular weight is 229 g/mol. The maximum Gasteiger partial charge on any atom is 0.152 e. The van der Waals surface area contributed by atoms with Gasteiger partial charge in [0.1, 0.15) is 5.69 Å². The van der Waals surface area contributed by atoms with Gasteiger partial charge in [0.25, 0.3) is 0 Å². The molecule has 1 aromatic carbocycles. The van der Waals surface area contributed by atoms with Crippen molar-refractivity contribution in [2.45, 2.75) is 0 Å². The fraction of sp³-hybridized carbons (Fsp3) is 0.231. The lowest BCUT2D eigenvalue weighted by Crippen LogP contribution is -2.10. The van der Waals surface area contributed by atoms with Crippen LogP contribution in [0.2, 0.25) is 0 Å². The summed E-state index contributed by atoms with van der Waals surface area (Å²) in [6.45, 7) is 1.36. The van der Waals surface area contributed by atoms with Gasteiger partial charge < -0.3 is 10.1 Å². The van der Waals surface area contributed by atoms with Gasteiger partial charge in [0.2, 0.25) is 0 Å². The van der Waals surface area contributed by atoms with E-state index in [1.807, 2.05) is 30.3 Å². The maximum atomic E-state index is 5.00. The van der Waals surface area contributed by atoms with Gasteiger partial charge >= 0.3 is 0 Å². The molecule has 0 spiro atoms. The van der Waals surface area contributed by atoms with E-state index in [0.717, 1.165) is 23.6 Å². The summed E-state index contributed by atoms with van der Waals surface area (Å²) in [4.78, 5) is 8.66. The Morgan fingerprint density at radius 2 is 1.88 bits per heavy atom. The molecular formula is C13H15N3O. The summed E-state index contributed by atoms with van der Waals surface area (Å²) < 4.78 is 5.00. The van der Waals surface area contributed by atoms with E-state index in [0.29, 0.717) is 6.61 Å². The van der Waals surface area contributed by atoms with Crippen LogP contribution in [0, 0.1) is 0 Å². The molecular weight excluding hydrogens is 214 g/mol. The molecule has 88 valence electrons. The number of hydrogen-bond acceptors (Lipinski definition) is 4. The van der Waals surface area contributed by atoms with Crippen molar-refractivity contribution in [1.29, 1.82) is 0 Å². The molecule has 2 aromatic rings. The van der Waals surface area contributed by atoms with Crippen LogP contribution in [0.5, 0.6) is 0 Å². The summed E-state index contributed by atoms with van der Waals surface area (Å²) in [6, 6.07) is 10.0. The molecule has 1 aromatic heterocycles.